The molecular formula is C14H23N3O2S. The number of unbranched alkanes of at least 4 members (excludes halogenated alkanes) is 1. The quantitative estimate of drug-likeness (QED) is 0.794. The molecule has 0 aliphatic heterocycles. The standard InChI is InChI=1S/C14H23N3O2S/c1-3-4-9-17(2)20(18,19)14-8-5-12(11-16-14)10-15-13-6-7-13/h5,8,11,13,15H,3-4,6-7,9-10H2,1-2H3. The van der Waals surface area contributed by atoms with Crippen LogP contribution in [0.15, 0.2) is 23.4 Å². The second-order valence-corrected chi connectivity index (χ2v) is 7.33. The van der Waals surface area contributed by atoms with Gasteiger partial charge in [0.1, 0.15) is 0 Å². The van der Waals surface area contributed by atoms with Crippen molar-refractivity contribution in [3.63, 3.8) is 0 Å². The average molecular weight is 297 g/mol. The summed E-state index contributed by atoms with van der Waals surface area (Å²) < 4.78 is 25.9. The second-order valence-electron chi connectivity index (χ2n) is 5.34. The molecule has 5 nitrogen and oxygen atoms in total. The Morgan fingerprint density at radius 1 is 1.40 bits per heavy atom. The lowest BCUT2D eigenvalue weighted by atomic mass is 10.3. The van der Waals surface area contributed by atoms with Crippen LogP contribution in [-0.4, -0.2) is 37.3 Å². The molecule has 1 aromatic rings. The van der Waals surface area contributed by atoms with E-state index < -0.39 is 10.0 Å². The van der Waals surface area contributed by atoms with Gasteiger partial charge in [0.2, 0.25) is 0 Å². The third kappa shape index (κ3) is 4.01. The molecule has 1 N–H and O–H groups in total. The van der Waals surface area contributed by atoms with E-state index in [2.05, 4.69) is 10.3 Å². The Hall–Kier alpha value is -0.980. The highest BCUT2D eigenvalue weighted by molar-refractivity contribution is 7.89. The number of hydrogen-bond acceptors (Lipinski definition) is 4. The predicted octanol–water partition coefficient (Wildman–Crippen LogP) is 1.75. The zero-order chi connectivity index (χ0) is 14.6. The average Bonchev–Trinajstić information content (AvgIpc) is 3.27. The minimum Gasteiger partial charge on any atom is -0.310 e. The zero-order valence-corrected chi connectivity index (χ0v) is 13.0. The number of nitrogens with one attached hydrogen (secondary N) is 1. The highest BCUT2D eigenvalue weighted by Gasteiger charge is 2.22. The topological polar surface area (TPSA) is 62.3 Å². The summed E-state index contributed by atoms with van der Waals surface area (Å²) in [6.45, 7) is 3.33. The molecule has 0 aromatic carbocycles. The number of hydrogen-bond donors (Lipinski definition) is 1. The largest absolute Gasteiger partial charge is 0.310 e. The highest BCUT2D eigenvalue weighted by Crippen LogP contribution is 2.19. The Labute approximate surface area is 121 Å². The van der Waals surface area contributed by atoms with E-state index in [1.54, 1.807) is 19.3 Å². The van der Waals surface area contributed by atoms with Gasteiger partial charge >= 0.3 is 0 Å². The first-order chi connectivity index (χ1) is 9.54. The molecule has 1 heterocycles. The summed E-state index contributed by atoms with van der Waals surface area (Å²) in [6, 6.07) is 4.07. The Morgan fingerprint density at radius 2 is 2.15 bits per heavy atom. The van der Waals surface area contributed by atoms with E-state index in [0.29, 0.717) is 12.6 Å². The third-order valence-corrected chi connectivity index (χ3v) is 5.24. The lowest BCUT2D eigenvalue weighted by molar-refractivity contribution is 0.456. The molecular weight excluding hydrogens is 274 g/mol. The van der Waals surface area contributed by atoms with Gasteiger partial charge in [0, 0.05) is 32.4 Å². The summed E-state index contributed by atoms with van der Waals surface area (Å²) in [4.78, 5) is 4.11. The van der Waals surface area contributed by atoms with Gasteiger partial charge in [-0.15, -0.1) is 0 Å². The van der Waals surface area contributed by atoms with Crippen molar-refractivity contribution in [3.05, 3.63) is 23.9 Å². The molecule has 0 spiro atoms. The van der Waals surface area contributed by atoms with E-state index >= 15 is 0 Å². The van der Waals surface area contributed by atoms with Gasteiger partial charge in [0.15, 0.2) is 5.03 Å². The monoisotopic (exact) mass is 297 g/mol. The maximum absolute atomic E-state index is 12.3. The van der Waals surface area contributed by atoms with Crippen molar-refractivity contribution in [2.75, 3.05) is 13.6 Å². The van der Waals surface area contributed by atoms with Gasteiger partial charge in [0.25, 0.3) is 10.0 Å². The third-order valence-electron chi connectivity index (χ3n) is 3.47. The van der Waals surface area contributed by atoms with Crippen molar-refractivity contribution in [1.82, 2.24) is 14.6 Å². The maximum atomic E-state index is 12.3. The molecule has 6 heteroatoms. The Morgan fingerprint density at radius 3 is 2.70 bits per heavy atom. The molecule has 2 rings (SSSR count). The van der Waals surface area contributed by atoms with Gasteiger partial charge in [-0.1, -0.05) is 19.4 Å². The van der Waals surface area contributed by atoms with E-state index in [-0.39, 0.29) is 5.03 Å². The van der Waals surface area contributed by atoms with Crippen LogP contribution in [-0.2, 0) is 16.6 Å². The number of rotatable bonds is 8. The van der Waals surface area contributed by atoms with E-state index in [9.17, 15) is 8.42 Å². The minimum atomic E-state index is -3.45. The van der Waals surface area contributed by atoms with Crippen LogP contribution >= 0.6 is 0 Å². The first-order valence-electron chi connectivity index (χ1n) is 7.18. The number of sulfonamides is 1. The molecule has 1 aliphatic rings. The Bertz CT molecular complexity index is 524. The van der Waals surface area contributed by atoms with E-state index in [4.69, 9.17) is 0 Å². The van der Waals surface area contributed by atoms with Gasteiger partial charge < -0.3 is 5.32 Å². The number of aromatic nitrogens is 1. The molecule has 0 amide bonds. The summed E-state index contributed by atoms with van der Waals surface area (Å²) in [6.07, 6.45) is 5.96. The van der Waals surface area contributed by atoms with Crippen LogP contribution in [0.1, 0.15) is 38.2 Å². The SMILES string of the molecule is CCCCN(C)S(=O)(=O)c1ccc(CNC2CC2)cn1. The molecule has 0 bridgehead atoms. The normalized spacial score (nSPS) is 15.8. The molecule has 0 radical (unpaired) electrons. The van der Waals surface area contributed by atoms with Crippen LogP contribution in [0.2, 0.25) is 0 Å². The summed E-state index contributed by atoms with van der Waals surface area (Å²) in [5.74, 6) is 0. The maximum Gasteiger partial charge on any atom is 0.260 e. The fourth-order valence-electron chi connectivity index (χ4n) is 1.88. The molecule has 1 fully saturated rings. The van der Waals surface area contributed by atoms with Crippen LogP contribution in [0.5, 0.6) is 0 Å². The molecule has 1 saturated carbocycles. The van der Waals surface area contributed by atoms with Crippen molar-refractivity contribution in [2.45, 2.75) is 50.2 Å². The first kappa shape index (κ1) is 15.4. The molecule has 112 valence electrons. The molecule has 0 atom stereocenters. The fraction of sp³-hybridized carbons (Fsp3) is 0.643. The molecule has 1 aromatic heterocycles. The van der Waals surface area contributed by atoms with Crippen LogP contribution in [0.4, 0.5) is 0 Å². The fourth-order valence-corrected chi connectivity index (χ4v) is 2.99. The van der Waals surface area contributed by atoms with Crippen molar-refractivity contribution >= 4 is 10.0 Å². The summed E-state index contributed by atoms with van der Waals surface area (Å²) in [5.41, 5.74) is 1.02. The summed E-state index contributed by atoms with van der Waals surface area (Å²) in [7, 11) is -1.84. The summed E-state index contributed by atoms with van der Waals surface area (Å²) >= 11 is 0. The Balaban J connectivity index is 1.99. The molecule has 1 aliphatic carbocycles. The lowest BCUT2D eigenvalue weighted by Crippen LogP contribution is -2.28. The van der Waals surface area contributed by atoms with Gasteiger partial charge in [-0.2, -0.15) is 4.31 Å². The van der Waals surface area contributed by atoms with Crippen LogP contribution in [0, 0.1) is 0 Å². The van der Waals surface area contributed by atoms with E-state index in [1.165, 1.54) is 17.1 Å². The summed E-state index contributed by atoms with van der Waals surface area (Å²) in [5, 5.41) is 3.51. The van der Waals surface area contributed by atoms with Gasteiger partial charge in [-0.05, 0) is 30.9 Å². The van der Waals surface area contributed by atoms with Crippen LogP contribution < -0.4 is 5.32 Å². The van der Waals surface area contributed by atoms with Crippen LogP contribution in [0.3, 0.4) is 0 Å². The zero-order valence-electron chi connectivity index (χ0n) is 12.2. The Kier molecular flexibility index (Phi) is 5.12. The highest BCUT2D eigenvalue weighted by atomic mass is 32.2. The predicted molar refractivity (Wildman–Crippen MR) is 78.8 cm³/mol. The molecule has 0 unspecified atom stereocenters. The molecule has 0 saturated heterocycles. The van der Waals surface area contributed by atoms with E-state index in [1.807, 2.05) is 13.0 Å². The molecule has 20 heavy (non-hydrogen) atoms. The smallest absolute Gasteiger partial charge is 0.260 e. The van der Waals surface area contributed by atoms with E-state index in [0.717, 1.165) is 24.9 Å². The minimum absolute atomic E-state index is 0.131. The number of nitrogens with zero attached hydrogens (tertiary/aromatic N) is 2. The second kappa shape index (κ2) is 6.65. The van der Waals surface area contributed by atoms with Crippen LogP contribution in [0.25, 0.3) is 0 Å². The van der Waals surface area contributed by atoms with Crippen molar-refractivity contribution in [1.29, 1.82) is 0 Å². The lowest BCUT2D eigenvalue weighted by Gasteiger charge is -2.16. The van der Waals surface area contributed by atoms with Gasteiger partial charge in [-0.3, -0.25) is 0 Å². The van der Waals surface area contributed by atoms with Crippen molar-refractivity contribution in [2.24, 2.45) is 0 Å². The van der Waals surface area contributed by atoms with Gasteiger partial charge in [0.05, 0.1) is 0 Å². The van der Waals surface area contributed by atoms with Crippen molar-refractivity contribution in [3.8, 4) is 0 Å². The van der Waals surface area contributed by atoms with Gasteiger partial charge in [-0.25, -0.2) is 13.4 Å². The van der Waals surface area contributed by atoms with Crippen molar-refractivity contribution < 1.29 is 8.42 Å². The number of pyridine rings is 1. The first-order valence-corrected chi connectivity index (χ1v) is 8.62.